The standard InChI is InChI=1S/C6H8O3/c7-3-6-4-8-2-1-5(6)9-6/h3,5H,1-2,4H2. The Balaban J connectivity index is 2.09. The van der Waals surface area contributed by atoms with Gasteiger partial charge in [-0.3, -0.25) is 4.79 Å². The number of epoxide rings is 1. The van der Waals surface area contributed by atoms with E-state index < -0.39 is 5.60 Å². The molecule has 2 rings (SSSR count). The summed E-state index contributed by atoms with van der Waals surface area (Å²) in [6, 6.07) is 0. The summed E-state index contributed by atoms with van der Waals surface area (Å²) in [5.41, 5.74) is -0.516. The lowest BCUT2D eigenvalue weighted by molar-refractivity contribution is -0.114. The van der Waals surface area contributed by atoms with Gasteiger partial charge in [0.15, 0.2) is 11.9 Å². The minimum Gasteiger partial charge on any atom is -0.378 e. The van der Waals surface area contributed by atoms with Gasteiger partial charge >= 0.3 is 0 Å². The number of ether oxygens (including phenoxy) is 2. The third-order valence-electron chi connectivity index (χ3n) is 1.90. The Morgan fingerprint density at radius 1 is 1.67 bits per heavy atom. The number of hydrogen-bond donors (Lipinski definition) is 0. The van der Waals surface area contributed by atoms with Crippen LogP contribution in [-0.4, -0.2) is 31.2 Å². The molecular formula is C6H8O3. The highest BCUT2D eigenvalue weighted by Crippen LogP contribution is 2.39. The van der Waals surface area contributed by atoms with Crippen molar-refractivity contribution >= 4 is 6.29 Å². The summed E-state index contributed by atoms with van der Waals surface area (Å²) in [5.74, 6) is 0. The fraction of sp³-hybridized carbons (Fsp3) is 0.833. The Morgan fingerprint density at radius 3 is 3.11 bits per heavy atom. The third kappa shape index (κ3) is 0.618. The van der Waals surface area contributed by atoms with Crippen LogP contribution in [0.2, 0.25) is 0 Å². The maximum absolute atomic E-state index is 10.3. The molecule has 2 aliphatic heterocycles. The fourth-order valence-corrected chi connectivity index (χ4v) is 1.22. The number of aldehydes is 1. The van der Waals surface area contributed by atoms with Gasteiger partial charge in [-0.25, -0.2) is 0 Å². The van der Waals surface area contributed by atoms with E-state index in [1.54, 1.807) is 0 Å². The van der Waals surface area contributed by atoms with Crippen molar-refractivity contribution in [3.05, 3.63) is 0 Å². The van der Waals surface area contributed by atoms with Crippen LogP contribution in [0.25, 0.3) is 0 Å². The molecule has 9 heavy (non-hydrogen) atoms. The molecule has 50 valence electrons. The molecule has 0 aliphatic carbocycles. The molecule has 0 amide bonds. The van der Waals surface area contributed by atoms with E-state index in [0.717, 1.165) is 19.3 Å². The van der Waals surface area contributed by atoms with Gasteiger partial charge in [-0.1, -0.05) is 0 Å². The zero-order chi connectivity index (χ0) is 6.32. The number of carbonyl (C=O) groups excluding carboxylic acids is 1. The van der Waals surface area contributed by atoms with E-state index >= 15 is 0 Å². The number of hydrogen-bond acceptors (Lipinski definition) is 3. The molecule has 2 saturated heterocycles. The average molecular weight is 128 g/mol. The average Bonchev–Trinajstić information content (AvgIpc) is 2.62. The van der Waals surface area contributed by atoms with Gasteiger partial charge in [0.1, 0.15) is 0 Å². The van der Waals surface area contributed by atoms with Crippen LogP contribution < -0.4 is 0 Å². The predicted molar refractivity (Wildman–Crippen MR) is 29.1 cm³/mol. The van der Waals surface area contributed by atoms with Crippen LogP contribution in [0.4, 0.5) is 0 Å². The second-order valence-corrected chi connectivity index (χ2v) is 2.52. The Morgan fingerprint density at radius 2 is 2.56 bits per heavy atom. The van der Waals surface area contributed by atoms with E-state index in [0.29, 0.717) is 6.61 Å². The fourth-order valence-electron chi connectivity index (χ4n) is 1.22. The van der Waals surface area contributed by atoms with Crippen LogP contribution in [0, 0.1) is 0 Å². The first-order valence-electron chi connectivity index (χ1n) is 3.09. The molecule has 0 aromatic rings. The van der Waals surface area contributed by atoms with Crippen LogP contribution in [0.5, 0.6) is 0 Å². The van der Waals surface area contributed by atoms with Gasteiger partial charge in [-0.05, 0) is 0 Å². The maximum Gasteiger partial charge on any atom is 0.173 e. The smallest absolute Gasteiger partial charge is 0.173 e. The van der Waals surface area contributed by atoms with Crippen LogP contribution in [-0.2, 0) is 14.3 Å². The van der Waals surface area contributed by atoms with Crippen LogP contribution in [0.1, 0.15) is 6.42 Å². The first kappa shape index (κ1) is 5.38. The quantitative estimate of drug-likeness (QED) is 0.361. The lowest BCUT2D eigenvalue weighted by Crippen LogP contribution is -2.29. The highest BCUT2D eigenvalue weighted by atomic mass is 16.6. The van der Waals surface area contributed by atoms with Gasteiger partial charge in [-0.2, -0.15) is 0 Å². The van der Waals surface area contributed by atoms with Crippen molar-refractivity contribution in [3.63, 3.8) is 0 Å². The van der Waals surface area contributed by atoms with E-state index in [1.165, 1.54) is 0 Å². The van der Waals surface area contributed by atoms with E-state index in [2.05, 4.69) is 0 Å². The van der Waals surface area contributed by atoms with Crippen molar-refractivity contribution in [3.8, 4) is 0 Å². The molecule has 2 unspecified atom stereocenters. The number of rotatable bonds is 1. The second kappa shape index (κ2) is 1.55. The van der Waals surface area contributed by atoms with Gasteiger partial charge in [-0.15, -0.1) is 0 Å². The van der Waals surface area contributed by atoms with Crippen LogP contribution >= 0.6 is 0 Å². The van der Waals surface area contributed by atoms with Crippen molar-refractivity contribution in [1.29, 1.82) is 0 Å². The Bertz CT molecular complexity index is 145. The van der Waals surface area contributed by atoms with Crippen molar-refractivity contribution in [1.82, 2.24) is 0 Å². The van der Waals surface area contributed by atoms with Crippen molar-refractivity contribution in [2.45, 2.75) is 18.1 Å². The van der Waals surface area contributed by atoms with Crippen molar-refractivity contribution in [2.75, 3.05) is 13.2 Å². The van der Waals surface area contributed by atoms with Gasteiger partial charge < -0.3 is 9.47 Å². The number of fused-ring (bicyclic) bond motifs is 1. The molecule has 0 aromatic heterocycles. The van der Waals surface area contributed by atoms with Gasteiger partial charge in [0.2, 0.25) is 0 Å². The summed E-state index contributed by atoms with van der Waals surface area (Å²) in [5, 5.41) is 0. The molecule has 3 heteroatoms. The van der Waals surface area contributed by atoms with Gasteiger partial charge in [0.25, 0.3) is 0 Å². The Hall–Kier alpha value is -0.410. The molecule has 3 nitrogen and oxygen atoms in total. The SMILES string of the molecule is O=CC12COCCC1O2. The molecular weight excluding hydrogens is 120 g/mol. The third-order valence-corrected chi connectivity index (χ3v) is 1.90. The summed E-state index contributed by atoms with van der Waals surface area (Å²) in [4.78, 5) is 10.3. The molecule has 0 spiro atoms. The molecule has 2 heterocycles. The summed E-state index contributed by atoms with van der Waals surface area (Å²) in [6.45, 7) is 1.20. The van der Waals surface area contributed by atoms with E-state index in [1.807, 2.05) is 0 Å². The molecule has 2 fully saturated rings. The largest absolute Gasteiger partial charge is 0.378 e. The minimum atomic E-state index is -0.516. The Labute approximate surface area is 52.9 Å². The van der Waals surface area contributed by atoms with E-state index in [-0.39, 0.29) is 6.10 Å². The molecule has 0 N–H and O–H groups in total. The van der Waals surface area contributed by atoms with Crippen LogP contribution in [0.15, 0.2) is 0 Å². The second-order valence-electron chi connectivity index (χ2n) is 2.52. The highest BCUT2D eigenvalue weighted by Gasteiger charge is 2.58. The summed E-state index contributed by atoms with van der Waals surface area (Å²) >= 11 is 0. The normalized spacial score (nSPS) is 47.8. The lowest BCUT2D eigenvalue weighted by atomic mass is 10.0. The lowest BCUT2D eigenvalue weighted by Gasteiger charge is -2.10. The summed E-state index contributed by atoms with van der Waals surface area (Å²) in [6.07, 6.45) is 1.90. The molecule has 0 saturated carbocycles. The minimum absolute atomic E-state index is 0.170. The first-order valence-corrected chi connectivity index (χ1v) is 3.09. The van der Waals surface area contributed by atoms with E-state index in [4.69, 9.17) is 9.47 Å². The monoisotopic (exact) mass is 128 g/mol. The molecule has 0 aromatic carbocycles. The predicted octanol–water partition coefficient (Wildman–Crippen LogP) is -0.257. The van der Waals surface area contributed by atoms with Crippen molar-refractivity contribution in [2.24, 2.45) is 0 Å². The van der Waals surface area contributed by atoms with Gasteiger partial charge in [0.05, 0.1) is 12.7 Å². The molecule has 0 radical (unpaired) electrons. The molecule has 0 bridgehead atoms. The number of carbonyl (C=O) groups is 1. The maximum atomic E-state index is 10.3. The van der Waals surface area contributed by atoms with E-state index in [9.17, 15) is 4.79 Å². The Kier molecular flexibility index (Phi) is 0.926. The van der Waals surface area contributed by atoms with Gasteiger partial charge in [0, 0.05) is 13.0 Å². The topological polar surface area (TPSA) is 38.8 Å². The zero-order valence-electron chi connectivity index (χ0n) is 5.00. The highest BCUT2D eigenvalue weighted by molar-refractivity contribution is 5.68. The molecule has 2 aliphatic rings. The van der Waals surface area contributed by atoms with Crippen molar-refractivity contribution < 1.29 is 14.3 Å². The summed E-state index contributed by atoms with van der Waals surface area (Å²) < 4.78 is 10.2. The summed E-state index contributed by atoms with van der Waals surface area (Å²) in [7, 11) is 0. The zero-order valence-corrected chi connectivity index (χ0v) is 5.00. The molecule has 2 atom stereocenters. The first-order chi connectivity index (χ1) is 4.37. The van der Waals surface area contributed by atoms with Crippen LogP contribution in [0.3, 0.4) is 0 Å².